The van der Waals surface area contributed by atoms with Crippen LogP contribution in [0.3, 0.4) is 0 Å². The summed E-state index contributed by atoms with van der Waals surface area (Å²) >= 11 is 0. The van der Waals surface area contributed by atoms with Gasteiger partial charge in [-0.2, -0.15) is 0 Å². The van der Waals surface area contributed by atoms with E-state index in [0.717, 1.165) is 6.26 Å². The van der Waals surface area contributed by atoms with Gasteiger partial charge in [0, 0.05) is 0 Å². The highest BCUT2D eigenvalue weighted by Crippen LogP contribution is 1.86. The molecule has 0 heterocycles. The third kappa shape index (κ3) is 4.74. The van der Waals surface area contributed by atoms with E-state index in [-0.39, 0.29) is 0 Å². The Morgan fingerprint density at radius 2 is 2.09 bits per heavy atom. The smallest absolute Gasteiger partial charge is 0.250 e. The molecule has 0 aromatic rings. The standard InChI is InChI=1S/C5H12N2O3S/c1-3-4(6)5(8)7-11(2,9)10/h4H,3,6H2,1-2H3,(H,7,8)/t4-/m0/s1. The fraction of sp³-hybridized carbons (Fsp3) is 0.800. The first-order valence-electron chi connectivity index (χ1n) is 3.14. The lowest BCUT2D eigenvalue weighted by Crippen LogP contribution is -2.42. The molecular weight excluding hydrogens is 168 g/mol. The summed E-state index contributed by atoms with van der Waals surface area (Å²) in [6.07, 6.45) is 1.33. The second-order valence-corrected chi connectivity index (χ2v) is 4.00. The molecule has 0 radical (unpaired) electrons. The average molecular weight is 180 g/mol. The summed E-state index contributed by atoms with van der Waals surface area (Å²) in [5, 5.41) is 0. The normalized spacial score (nSPS) is 14.1. The van der Waals surface area contributed by atoms with E-state index < -0.39 is 22.0 Å². The van der Waals surface area contributed by atoms with E-state index in [9.17, 15) is 13.2 Å². The zero-order chi connectivity index (χ0) is 9.07. The van der Waals surface area contributed by atoms with Crippen LogP contribution in [0.15, 0.2) is 0 Å². The molecule has 0 unspecified atom stereocenters. The molecule has 11 heavy (non-hydrogen) atoms. The van der Waals surface area contributed by atoms with Crippen molar-refractivity contribution in [2.24, 2.45) is 5.73 Å². The quantitative estimate of drug-likeness (QED) is 0.571. The van der Waals surface area contributed by atoms with E-state index in [0.29, 0.717) is 6.42 Å². The van der Waals surface area contributed by atoms with Gasteiger partial charge in [-0.05, 0) is 6.42 Å². The van der Waals surface area contributed by atoms with Gasteiger partial charge in [0.05, 0.1) is 12.3 Å². The zero-order valence-electron chi connectivity index (χ0n) is 6.49. The number of sulfonamides is 1. The average Bonchev–Trinajstić information content (AvgIpc) is 1.82. The van der Waals surface area contributed by atoms with Crippen molar-refractivity contribution in [2.75, 3.05) is 6.26 Å². The summed E-state index contributed by atoms with van der Waals surface area (Å²) in [6, 6.07) is -0.746. The van der Waals surface area contributed by atoms with Crippen molar-refractivity contribution in [1.29, 1.82) is 0 Å². The van der Waals surface area contributed by atoms with Crippen LogP contribution < -0.4 is 10.5 Å². The number of nitrogens with one attached hydrogen (secondary N) is 1. The van der Waals surface area contributed by atoms with Gasteiger partial charge in [0.2, 0.25) is 15.9 Å². The van der Waals surface area contributed by atoms with Gasteiger partial charge in [-0.1, -0.05) is 6.92 Å². The Kier molecular flexibility index (Phi) is 3.47. The molecule has 0 aliphatic rings. The first-order valence-corrected chi connectivity index (χ1v) is 5.03. The van der Waals surface area contributed by atoms with Crippen LogP contribution in [-0.4, -0.2) is 26.6 Å². The molecule has 1 amide bonds. The Labute approximate surface area is 66.0 Å². The van der Waals surface area contributed by atoms with E-state index in [4.69, 9.17) is 5.73 Å². The van der Waals surface area contributed by atoms with E-state index in [1.165, 1.54) is 0 Å². The summed E-state index contributed by atoms with van der Waals surface area (Å²) in [7, 11) is -3.46. The molecule has 0 saturated carbocycles. The monoisotopic (exact) mass is 180 g/mol. The number of hydrogen-bond acceptors (Lipinski definition) is 4. The Hall–Kier alpha value is -0.620. The van der Waals surface area contributed by atoms with E-state index in [1.807, 2.05) is 0 Å². The Morgan fingerprint density at radius 3 is 2.36 bits per heavy atom. The largest absolute Gasteiger partial charge is 0.320 e. The highest BCUT2D eigenvalue weighted by Gasteiger charge is 2.14. The summed E-state index contributed by atoms with van der Waals surface area (Å²) in [4.78, 5) is 10.8. The summed E-state index contributed by atoms with van der Waals surface area (Å²) in [5.74, 6) is -0.657. The molecule has 0 aromatic heterocycles. The second-order valence-electron chi connectivity index (χ2n) is 2.25. The molecule has 0 aliphatic carbocycles. The molecule has 6 heteroatoms. The Morgan fingerprint density at radius 1 is 1.64 bits per heavy atom. The Bertz CT molecular complexity index is 234. The van der Waals surface area contributed by atoms with E-state index >= 15 is 0 Å². The molecule has 0 rings (SSSR count). The molecule has 0 bridgehead atoms. The van der Waals surface area contributed by atoms with Gasteiger partial charge in [0.15, 0.2) is 0 Å². The number of carbonyl (C=O) groups excluding carboxylic acids is 1. The lowest BCUT2D eigenvalue weighted by atomic mass is 10.2. The zero-order valence-corrected chi connectivity index (χ0v) is 7.31. The highest BCUT2D eigenvalue weighted by molar-refractivity contribution is 7.89. The van der Waals surface area contributed by atoms with Crippen molar-refractivity contribution in [3.63, 3.8) is 0 Å². The molecule has 5 nitrogen and oxygen atoms in total. The fourth-order valence-electron chi connectivity index (χ4n) is 0.444. The lowest BCUT2D eigenvalue weighted by Gasteiger charge is -2.07. The number of nitrogens with two attached hydrogens (primary N) is 1. The summed E-state index contributed by atoms with van der Waals surface area (Å²) in [6.45, 7) is 1.70. The first-order chi connectivity index (χ1) is 4.87. The van der Waals surface area contributed by atoms with Gasteiger partial charge < -0.3 is 5.73 Å². The van der Waals surface area contributed by atoms with Crippen molar-refractivity contribution in [3.05, 3.63) is 0 Å². The van der Waals surface area contributed by atoms with Gasteiger partial charge >= 0.3 is 0 Å². The van der Waals surface area contributed by atoms with Crippen molar-refractivity contribution in [3.8, 4) is 0 Å². The molecule has 0 fully saturated rings. The number of carbonyl (C=O) groups is 1. The van der Waals surface area contributed by atoms with Gasteiger partial charge in [-0.15, -0.1) is 0 Å². The van der Waals surface area contributed by atoms with Crippen LogP contribution in [0.5, 0.6) is 0 Å². The van der Waals surface area contributed by atoms with Crippen molar-refractivity contribution in [2.45, 2.75) is 19.4 Å². The molecule has 0 aliphatic heterocycles. The minimum absolute atomic E-state index is 0.418. The molecular formula is C5H12N2O3S. The Balaban J connectivity index is 4.10. The van der Waals surface area contributed by atoms with Crippen LogP contribution >= 0.6 is 0 Å². The summed E-state index contributed by atoms with van der Waals surface area (Å²) in [5.41, 5.74) is 5.25. The van der Waals surface area contributed by atoms with Gasteiger partial charge in [-0.3, -0.25) is 9.52 Å². The minimum atomic E-state index is -3.46. The molecule has 0 spiro atoms. The van der Waals surface area contributed by atoms with Crippen LogP contribution in [0, 0.1) is 0 Å². The third-order valence-electron chi connectivity index (χ3n) is 1.06. The maximum Gasteiger partial charge on any atom is 0.250 e. The van der Waals surface area contributed by atoms with E-state index in [1.54, 1.807) is 11.6 Å². The van der Waals surface area contributed by atoms with Gasteiger partial charge in [0.25, 0.3) is 0 Å². The minimum Gasteiger partial charge on any atom is -0.320 e. The van der Waals surface area contributed by atoms with Crippen molar-refractivity contribution >= 4 is 15.9 Å². The molecule has 3 N–H and O–H groups in total. The maximum atomic E-state index is 10.8. The highest BCUT2D eigenvalue weighted by atomic mass is 32.2. The molecule has 1 atom stereocenters. The lowest BCUT2D eigenvalue weighted by molar-refractivity contribution is -0.120. The number of rotatable bonds is 3. The van der Waals surface area contributed by atoms with Gasteiger partial charge in [-0.25, -0.2) is 8.42 Å². The van der Waals surface area contributed by atoms with Crippen LogP contribution in [0.2, 0.25) is 0 Å². The third-order valence-corrected chi connectivity index (χ3v) is 1.63. The second kappa shape index (κ2) is 3.68. The number of hydrogen-bond donors (Lipinski definition) is 2. The predicted molar refractivity (Wildman–Crippen MR) is 41.3 cm³/mol. The number of amides is 1. The van der Waals surface area contributed by atoms with Gasteiger partial charge in [0.1, 0.15) is 0 Å². The SMILES string of the molecule is CC[C@H](N)C(=O)NS(C)(=O)=O. The van der Waals surface area contributed by atoms with Crippen LogP contribution in [0.25, 0.3) is 0 Å². The topological polar surface area (TPSA) is 89.3 Å². The fourth-order valence-corrected chi connectivity index (χ4v) is 0.961. The van der Waals surface area contributed by atoms with Crippen LogP contribution in [0.4, 0.5) is 0 Å². The van der Waals surface area contributed by atoms with Crippen LogP contribution in [-0.2, 0) is 14.8 Å². The predicted octanol–water partition coefficient (Wildman–Crippen LogP) is -1.20. The molecule has 0 saturated heterocycles. The summed E-state index contributed by atoms with van der Waals surface area (Å²) < 4.78 is 22.7. The van der Waals surface area contributed by atoms with Crippen molar-refractivity contribution in [1.82, 2.24) is 4.72 Å². The van der Waals surface area contributed by atoms with Crippen molar-refractivity contribution < 1.29 is 13.2 Å². The van der Waals surface area contributed by atoms with E-state index in [2.05, 4.69) is 0 Å². The first kappa shape index (κ1) is 10.4. The maximum absolute atomic E-state index is 10.8. The molecule has 0 aromatic carbocycles. The van der Waals surface area contributed by atoms with Crippen LogP contribution in [0.1, 0.15) is 13.3 Å². The molecule has 66 valence electrons.